The lowest BCUT2D eigenvalue weighted by Crippen LogP contribution is -2.42. The van der Waals surface area contributed by atoms with Gasteiger partial charge in [0.25, 0.3) is 12.3 Å². The summed E-state index contributed by atoms with van der Waals surface area (Å²) in [6.07, 6.45) is -3.54. The normalized spacial score (nSPS) is 18.4. The number of ether oxygens (including phenoxy) is 1. The summed E-state index contributed by atoms with van der Waals surface area (Å²) in [4.78, 5) is 13.9. The van der Waals surface area contributed by atoms with Gasteiger partial charge in [0, 0.05) is 12.1 Å². The molecule has 1 aromatic heterocycles. The van der Waals surface area contributed by atoms with E-state index in [1.807, 2.05) is 0 Å². The number of hydrogen-bond donors (Lipinski definition) is 1. The number of carbonyl (C=O) groups excluding carboxylic acids is 1. The first kappa shape index (κ1) is 15.4. The number of aromatic amines is 1. The van der Waals surface area contributed by atoms with Crippen molar-refractivity contribution in [3.63, 3.8) is 0 Å². The number of aromatic nitrogens is 4. The van der Waals surface area contributed by atoms with Gasteiger partial charge in [-0.3, -0.25) is 4.79 Å². The third-order valence-corrected chi connectivity index (χ3v) is 3.48. The van der Waals surface area contributed by atoms with Crippen molar-refractivity contribution in [2.24, 2.45) is 0 Å². The first-order valence-electron chi connectivity index (χ1n) is 6.78. The van der Waals surface area contributed by atoms with Crippen LogP contribution in [0, 0.1) is 5.82 Å². The zero-order valence-corrected chi connectivity index (χ0v) is 11.7. The molecule has 1 aliphatic heterocycles. The second-order valence-corrected chi connectivity index (χ2v) is 4.92. The summed E-state index contributed by atoms with van der Waals surface area (Å²) >= 11 is 0. The van der Waals surface area contributed by atoms with Gasteiger partial charge in [-0.05, 0) is 18.2 Å². The van der Waals surface area contributed by atoms with E-state index in [0.717, 1.165) is 12.1 Å². The molecule has 0 saturated carbocycles. The maximum Gasteiger partial charge on any atom is 0.266 e. The Morgan fingerprint density at radius 3 is 2.96 bits per heavy atom. The minimum atomic E-state index is -2.99. The highest BCUT2D eigenvalue weighted by molar-refractivity contribution is 5.94. The molecule has 1 unspecified atom stereocenters. The summed E-state index contributed by atoms with van der Waals surface area (Å²) in [6.45, 7) is 0.683. The minimum Gasteiger partial charge on any atom is -0.366 e. The zero-order valence-electron chi connectivity index (χ0n) is 11.7. The maximum atomic E-state index is 13.3. The second kappa shape index (κ2) is 6.32. The Morgan fingerprint density at radius 2 is 2.26 bits per heavy atom. The van der Waals surface area contributed by atoms with E-state index in [1.165, 1.54) is 11.0 Å². The summed E-state index contributed by atoms with van der Waals surface area (Å²) in [5.74, 6) is -1.22. The number of morpholine rings is 1. The highest BCUT2D eigenvalue weighted by Crippen LogP contribution is 2.25. The quantitative estimate of drug-likeness (QED) is 0.923. The van der Waals surface area contributed by atoms with Gasteiger partial charge in [0.2, 0.25) is 5.82 Å². The second-order valence-electron chi connectivity index (χ2n) is 4.92. The average Bonchev–Trinajstić information content (AvgIpc) is 3.09. The molecule has 1 saturated heterocycles. The van der Waals surface area contributed by atoms with E-state index >= 15 is 0 Å². The van der Waals surface area contributed by atoms with Crippen LogP contribution in [0.25, 0.3) is 0 Å². The topological polar surface area (TPSA) is 84.0 Å². The van der Waals surface area contributed by atoms with Gasteiger partial charge in [-0.2, -0.15) is 5.21 Å². The minimum absolute atomic E-state index is 0.00420. The number of amides is 1. The van der Waals surface area contributed by atoms with Crippen LogP contribution in [-0.2, 0) is 4.74 Å². The molecular formula is C13H12F3N5O2. The van der Waals surface area contributed by atoms with E-state index in [1.54, 1.807) is 0 Å². The number of alkyl halides is 2. The van der Waals surface area contributed by atoms with E-state index in [9.17, 15) is 18.0 Å². The molecule has 122 valence electrons. The molecular weight excluding hydrogens is 315 g/mol. The summed E-state index contributed by atoms with van der Waals surface area (Å²) in [5, 5.41) is 13.3. The lowest BCUT2D eigenvalue weighted by Gasteiger charge is -2.31. The van der Waals surface area contributed by atoms with Gasteiger partial charge in [0.1, 0.15) is 11.9 Å². The van der Waals surface area contributed by atoms with Crippen LogP contribution in [0.3, 0.4) is 0 Å². The highest BCUT2D eigenvalue weighted by Gasteiger charge is 2.29. The van der Waals surface area contributed by atoms with E-state index < -0.39 is 29.8 Å². The van der Waals surface area contributed by atoms with Crippen LogP contribution in [0.2, 0.25) is 0 Å². The lowest BCUT2D eigenvalue weighted by molar-refractivity contribution is -0.0268. The molecule has 1 atom stereocenters. The molecule has 0 bridgehead atoms. The standard InChI is InChI=1S/C13H12F3N5O2/c14-9-2-1-7(5-8(9)11(15)16)13(22)21-3-4-23-10(6-21)12-17-19-20-18-12/h1-2,5,10-11H,3-4,6H2,(H,17,18,19,20). The number of tetrazole rings is 1. The molecule has 0 radical (unpaired) electrons. The number of rotatable bonds is 3. The Bertz CT molecular complexity index is 695. The van der Waals surface area contributed by atoms with Crippen molar-refractivity contribution in [1.82, 2.24) is 25.5 Å². The van der Waals surface area contributed by atoms with Crippen molar-refractivity contribution >= 4 is 5.91 Å². The number of hydrogen-bond acceptors (Lipinski definition) is 5. The largest absolute Gasteiger partial charge is 0.366 e. The summed E-state index contributed by atoms with van der Waals surface area (Å²) in [6, 6.07) is 2.93. The Balaban J connectivity index is 1.78. The molecule has 0 aliphatic carbocycles. The summed E-state index contributed by atoms with van der Waals surface area (Å²) < 4.78 is 44.3. The zero-order chi connectivity index (χ0) is 16.4. The molecule has 3 rings (SSSR count). The van der Waals surface area contributed by atoms with Crippen molar-refractivity contribution in [2.75, 3.05) is 19.7 Å². The molecule has 1 fully saturated rings. The van der Waals surface area contributed by atoms with Crippen LogP contribution in [0.1, 0.15) is 34.3 Å². The number of benzene rings is 1. The van der Waals surface area contributed by atoms with Gasteiger partial charge in [-0.15, -0.1) is 10.2 Å². The van der Waals surface area contributed by atoms with Crippen molar-refractivity contribution < 1.29 is 22.7 Å². The number of nitrogens with zero attached hydrogens (tertiary/aromatic N) is 4. The van der Waals surface area contributed by atoms with Gasteiger partial charge < -0.3 is 9.64 Å². The van der Waals surface area contributed by atoms with Crippen molar-refractivity contribution in [3.05, 3.63) is 41.0 Å². The number of H-pyrrole nitrogens is 1. The van der Waals surface area contributed by atoms with E-state index in [0.29, 0.717) is 5.82 Å². The first-order chi connectivity index (χ1) is 11.1. The Hall–Kier alpha value is -2.49. The molecule has 1 aromatic carbocycles. The molecule has 1 amide bonds. The molecule has 7 nitrogen and oxygen atoms in total. The molecule has 2 heterocycles. The van der Waals surface area contributed by atoms with Crippen LogP contribution in [-0.4, -0.2) is 51.1 Å². The smallest absolute Gasteiger partial charge is 0.266 e. The molecule has 0 spiro atoms. The first-order valence-corrected chi connectivity index (χ1v) is 6.78. The number of halogens is 3. The van der Waals surface area contributed by atoms with Crippen molar-refractivity contribution in [1.29, 1.82) is 0 Å². The fraction of sp³-hybridized carbons (Fsp3) is 0.385. The number of carbonyl (C=O) groups is 1. The van der Waals surface area contributed by atoms with Gasteiger partial charge >= 0.3 is 0 Å². The van der Waals surface area contributed by atoms with Crippen LogP contribution in [0.5, 0.6) is 0 Å². The van der Waals surface area contributed by atoms with Gasteiger partial charge in [0.15, 0.2) is 0 Å². The van der Waals surface area contributed by atoms with E-state index in [2.05, 4.69) is 20.6 Å². The average molecular weight is 327 g/mol. The molecule has 10 heteroatoms. The van der Waals surface area contributed by atoms with Crippen LogP contribution in [0.15, 0.2) is 18.2 Å². The maximum absolute atomic E-state index is 13.3. The molecule has 1 aliphatic rings. The predicted molar refractivity (Wildman–Crippen MR) is 70.1 cm³/mol. The molecule has 23 heavy (non-hydrogen) atoms. The summed E-state index contributed by atoms with van der Waals surface area (Å²) in [7, 11) is 0. The summed E-state index contributed by atoms with van der Waals surface area (Å²) in [5.41, 5.74) is -0.797. The van der Waals surface area contributed by atoms with E-state index in [-0.39, 0.29) is 25.3 Å². The van der Waals surface area contributed by atoms with Gasteiger partial charge in [0.05, 0.1) is 18.7 Å². The fourth-order valence-electron chi connectivity index (χ4n) is 2.32. The van der Waals surface area contributed by atoms with Crippen molar-refractivity contribution in [2.45, 2.75) is 12.5 Å². The van der Waals surface area contributed by atoms with Crippen LogP contribution in [0.4, 0.5) is 13.2 Å². The molecule has 1 N–H and O–H groups in total. The highest BCUT2D eigenvalue weighted by atomic mass is 19.3. The Labute approximate surface area is 128 Å². The Morgan fingerprint density at radius 1 is 1.43 bits per heavy atom. The number of nitrogens with one attached hydrogen (secondary N) is 1. The SMILES string of the molecule is O=C(c1ccc(F)c(C(F)F)c1)N1CCOC(c2nn[nH]n2)C1. The van der Waals surface area contributed by atoms with Gasteiger partial charge in [-0.25, -0.2) is 13.2 Å². The van der Waals surface area contributed by atoms with E-state index in [4.69, 9.17) is 4.74 Å². The third kappa shape index (κ3) is 3.16. The van der Waals surface area contributed by atoms with Crippen molar-refractivity contribution in [3.8, 4) is 0 Å². The Kier molecular flexibility index (Phi) is 4.24. The molecule has 2 aromatic rings. The monoisotopic (exact) mass is 327 g/mol. The van der Waals surface area contributed by atoms with Crippen LogP contribution < -0.4 is 0 Å². The predicted octanol–water partition coefficient (Wildman–Crippen LogP) is 1.49. The fourth-order valence-corrected chi connectivity index (χ4v) is 2.32. The van der Waals surface area contributed by atoms with Crippen LogP contribution >= 0.6 is 0 Å². The lowest BCUT2D eigenvalue weighted by atomic mass is 10.1. The van der Waals surface area contributed by atoms with Gasteiger partial charge in [-0.1, -0.05) is 5.21 Å². The third-order valence-electron chi connectivity index (χ3n) is 3.48.